The van der Waals surface area contributed by atoms with Crippen LogP contribution in [0.5, 0.6) is 0 Å². The van der Waals surface area contributed by atoms with Gasteiger partial charge in [0.1, 0.15) is 0 Å². The molecule has 2 heterocycles. The molecule has 7 heteroatoms. The van der Waals surface area contributed by atoms with E-state index >= 15 is 0 Å². The van der Waals surface area contributed by atoms with Gasteiger partial charge >= 0.3 is 0 Å². The Morgan fingerprint density at radius 3 is 2.60 bits per heavy atom. The average molecular weight is 303 g/mol. The third kappa shape index (κ3) is 3.32. The monoisotopic (exact) mass is 303 g/mol. The Labute approximate surface area is 121 Å². The smallest absolute Gasteiger partial charge is 0.223 e. The number of hydrogen-bond acceptors (Lipinski definition) is 4. The Morgan fingerprint density at radius 1 is 1.35 bits per heavy atom. The van der Waals surface area contributed by atoms with Gasteiger partial charge in [0.15, 0.2) is 0 Å². The van der Waals surface area contributed by atoms with Crippen molar-refractivity contribution in [1.82, 2.24) is 9.21 Å². The van der Waals surface area contributed by atoms with Crippen LogP contribution in [0.1, 0.15) is 33.1 Å². The van der Waals surface area contributed by atoms with E-state index in [-0.39, 0.29) is 29.5 Å². The maximum Gasteiger partial charge on any atom is 0.223 e. The molecule has 2 rings (SSSR count). The van der Waals surface area contributed by atoms with Gasteiger partial charge in [-0.1, -0.05) is 13.8 Å². The van der Waals surface area contributed by atoms with Crippen LogP contribution in [0, 0.1) is 5.41 Å². The SMILES string of the molecule is CC1(C)CN(C(=O)CCN2CCCS2(=O)=O)CCC1N. The lowest BCUT2D eigenvalue weighted by molar-refractivity contribution is -0.134. The van der Waals surface area contributed by atoms with Crippen LogP contribution in [-0.2, 0) is 14.8 Å². The first-order valence-corrected chi connectivity index (χ1v) is 8.84. The van der Waals surface area contributed by atoms with Crippen LogP contribution in [-0.4, -0.2) is 61.5 Å². The van der Waals surface area contributed by atoms with Crippen molar-refractivity contribution in [3.05, 3.63) is 0 Å². The highest BCUT2D eigenvalue weighted by atomic mass is 32.2. The summed E-state index contributed by atoms with van der Waals surface area (Å²) in [6, 6.07) is 0.116. The molecule has 0 aromatic rings. The summed E-state index contributed by atoms with van der Waals surface area (Å²) in [4.78, 5) is 14.0. The van der Waals surface area contributed by atoms with Gasteiger partial charge in [0.25, 0.3) is 0 Å². The molecular weight excluding hydrogens is 278 g/mol. The van der Waals surface area contributed by atoms with Gasteiger partial charge in [-0.15, -0.1) is 0 Å². The normalized spacial score (nSPS) is 29.6. The molecule has 0 bridgehead atoms. The predicted molar refractivity (Wildman–Crippen MR) is 77.5 cm³/mol. The van der Waals surface area contributed by atoms with Gasteiger partial charge in [-0.2, -0.15) is 0 Å². The molecule has 0 spiro atoms. The van der Waals surface area contributed by atoms with Gasteiger partial charge in [-0.3, -0.25) is 4.79 Å². The Bertz CT molecular complexity index is 475. The minimum absolute atomic E-state index is 0.0343. The zero-order valence-corrected chi connectivity index (χ0v) is 13.2. The molecule has 1 atom stereocenters. The highest BCUT2D eigenvalue weighted by Crippen LogP contribution is 2.28. The first-order valence-electron chi connectivity index (χ1n) is 7.23. The number of carbonyl (C=O) groups excluding carboxylic acids is 1. The number of likely N-dealkylation sites (tertiary alicyclic amines) is 1. The van der Waals surface area contributed by atoms with E-state index in [4.69, 9.17) is 5.73 Å². The molecule has 2 aliphatic rings. The van der Waals surface area contributed by atoms with Crippen molar-refractivity contribution in [3.8, 4) is 0 Å². The molecule has 2 saturated heterocycles. The molecule has 0 aromatic heterocycles. The molecule has 2 fully saturated rings. The zero-order valence-electron chi connectivity index (χ0n) is 12.3. The number of piperidine rings is 1. The van der Waals surface area contributed by atoms with Crippen molar-refractivity contribution >= 4 is 15.9 Å². The maximum atomic E-state index is 12.2. The summed E-state index contributed by atoms with van der Waals surface area (Å²) in [5, 5.41) is 0. The summed E-state index contributed by atoms with van der Waals surface area (Å²) in [7, 11) is -3.10. The molecule has 116 valence electrons. The number of sulfonamides is 1. The summed E-state index contributed by atoms with van der Waals surface area (Å²) in [5.41, 5.74) is 5.98. The zero-order chi connectivity index (χ0) is 15.0. The summed E-state index contributed by atoms with van der Waals surface area (Å²) < 4.78 is 24.8. The summed E-state index contributed by atoms with van der Waals surface area (Å²) >= 11 is 0. The highest BCUT2D eigenvalue weighted by molar-refractivity contribution is 7.89. The lowest BCUT2D eigenvalue weighted by atomic mass is 9.79. The number of rotatable bonds is 3. The van der Waals surface area contributed by atoms with E-state index in [1.165, 1.54) is 4.31 Å². The molecule has 1 amide bonds. The average Bonchev–Trinajstić information content (AvgIpc) is 2.68. The molecule has 0 aliphatic carbocycles. The van der Waals surface area contributed by atoms with Gasteiger partial charge in [0.2, 0.25) is 15.9 Å². The van der Waals surface area contributed by atoms with Crippen LogP contribution in [0.4, 0.5) is 0 Å². The van der Waals surface area contributed by atoms with Crippen molar-refractivity contribution in [3.63, 3.8) is 0 Å². The van der Waals surface area contributed by atoms with Crippen LogP contribution in [0.15, 0.2) is 0 Å². The Hall–Kier alpha value is -0.660. The van der Waals surface area contributed by atoms with Gasteiger partial charge in [0.05, 0.1) is 5.75 Å². The summed E-state index contributed by atoms with van der Waals surface area (Å²) in [5.74, 6) is 0.249. The summed E-state index contributed by atoms with van der Waals surface area (Å²) in [6.07, 6.45) is 1.74. The van der Waals surface area contributed by atoms with E-state index in [1.54, 1.807) is 0 Å². The number of carbonyl (C=O) groups is 1. The van der Waals surface area contributed by atoms with E-state index in [9.17, 15) is 13.2 Å². The topological polar surface area (TPSA) is 83.7 Å². The largest absolute Gasteiger partial charge is 0.342 e. The molecule has 0 saturated carbocycles. The first-order chi connectivity index (χ1) is 9.22. The second-order valence-electron chi connectivity index (χ2n) is 6.52. The minimum Gasteiger partial charge on any atom is -0.342 e. The third-order valence-corrected chi connectivity index (χ3v) is 6.40. The summed E-state index contributed by atoms with van der Waals surface area (Å²) in [6.45, 7) is 6.33. The second kappa shape index (κ2) is 5.61. The van der Waals surface area contributed by atoms with Gasteiger partial charge in [-0.25, -0.2) is 12.7 Å². The van der Waals surface area contributed by atoms with E-state index in [1.807, 2.05) is 4.90 Å². The predicted octanol–water partition coefficient (Wildman–Crippen LogP) is -0.00220. The number of nitrogens with zero attached hydrogens (tertiary/aromatic N) is 2. The molecule has 2 N–H and O–H groups in total. The Morgan fingerprint density at radius 2 is 2.05 bits per heavy atom. The van der Waals surface area contributed by atoms with E-state index < -0.39 is 10.0 Å². The van der Waals surface area contributed by atoms with Crippen LogP contribution in [0.3, 0.4) is 0 Å². The van der Waals surface area contributed by atoms with Crippen LogP contribution in [0.25, 0.3) is 0 Å². The number of amides is 1. The molecule has 6 nitrogen and oxygen atoms in total. The first kappa shape index (κ1) is 15.7. The standard InChI is InChI=1S/C13H25N3O3S/c1-13(2)10-15(7-4-11(13)14)12(17)5-8-16-6-3-9-20(16,18)19/h11H,3-10,14H2,1-2H3. The molecule has 0 radical (unpaired) electrons. The van der Waals surface area contributed by atoms with Crippen molar-refractivity contribution in [2.45, 2.75) is 39.2 Å². The quantitative estimate of drug-likeness (QED) is 0.795. The van der Waals surface area contributed by atoms with Crippen LogP contribution in [0.2, 0.25) is 0 Å². The fraction of sp³-hybridized carbons (Fsp3) is 0.923. The number of nitrogens with two attached hydrogens (primary N) is 1. The highest BCUT2D eigenvalue weighted by Gasteiger charge is 2.35. The fourth-order valence-electron chi connectivity index (χ4n) is 2.91. The van der Waals surface area contributed by atoms with E-state index in [0.717, 1.165) is 6.42 Å². The van der Waals surface area contributed by atoms with Crippen LogP contribution >= 0.6 is 0 Å². The third-order valence-electron chi connectivity index (χ3n) is 4.44. The van der Waals surface area contributed by atoms with Crippen molar-refractivity contribution in [2.75, 3.05) is 31.9 Å². The molecule has 2 aliphatic heterocycles. The molecular formula is C13H25N3O3S. The Balaban J connectivity index is 1.87. The van der Waals surface area contributed by atoms with E-state index in [2.05, 4.69) is 13.8 Å². The lowest BCUT2D eigenvalue weighted by Crippen LogP contribution is -2.54. The van der Waals surface area contributed by atoms with Gasteiger partial charge < -0.3 is 10.6 Å². The van der Waals surface area contributed by atoms with Gasteiger partial charge in [-0.05, 0) is 18.3 Å². The fourth-order valence-corrected chi connectivity index (χ4v) is 4.44. The van der Waals surface area contributed by atoms with Crippen molar-refractivity contribution < 1.29 is 13.2 Å². The van der Waals surface area contributed by atoms with Crippen molar-refractivity contribution in [1.29, 1.82) is 0 Å². The Kier molecular flexibility index (Phi) is 4.41. The molecule has 0 aromatic carbocycles. The van der Waals surface area contributed by atoms with Crippen molar-refractivity contribution in [2.24, 2.45) is 11.1 Å². The number of hydrogen-bond donors (Lipinski definition) is 1. The molecule has 20 heavy (non-hydrogen) atoms. The van der Waals surface area contributed by atoms with Gasteiger partial charge in [0, 0.05) is 38.6 Å². The maximum absolute atomic E-state index is 12.2. The molecule has 1 unspecified atom stereocenters. The lowest BCUT2D eigenvalue weighted by Gasteiger charge is -2.42. The van der Waals surface area contributed by atoms with Crippen LogP contribution < -0.4 is 5.73 Å². The minimum atomic E-state index is -3.10. The van der Waals surface area contributed by atoms with E-state index in [0.29, 0.717) is 32.6 Å². The second-order valence-corrected chi connectivity index (χ2v) is 8.61.